The molecule has 10 nitrogen and oxygen atoms in total. The molecule has 0 radical (unpaired) electrons. The van der Waals surface area contributed by atoms with Gasteiger partial charge in [0.05, 0.1) is 12.6 Å². The minimum Gasteiger partial charge on any atom is -0.508 e. The van der Waals surface area contributed by atoms with Crippen molar-refractivity contribution in [3.63, 3.8) is 0 Å². The predicted octanol–water partition coefficient (Wildman–Crippen LogP) is -0.829. The first-order chi connectivity index (χ1) is 14.2. The molecule has 4 amide bonds. The fourth-order valence-corrected chi connectivity index (χ4v) is 3.31. The van der Waals surface area contributed by atoms with Gasteiger partial charge in [0.1, 0.15) is 17.8 Å². The molecule has 0 bridgehead atoms. The molecule has 0 aliphatic carbocycles. The first-order valence-corrected chi connectivity index (χ1v) is 9.89. The highest BCUT2D eigenvalue weighted by Crippen LogP contribution is 2.16. The van der Waals surface area contributed by atoms with Gasteiger partial charge in [0, 0.05) is 6.54 Å². The molecule has 1 aromatic rings. The molecule has 11 heteroatoms. The van der Waals surface area contributed by atoms with Crippen molar-refractivity contribution in [3.05, 3.63) is 29.8 Å². The zero-order chi connectivity index (χ0) is 22.3. The molecular weight excluding hydrogens is 426 g/mol. The third-order valence-electron chi connectivity index (χ3n) is 5.05. The van der Waals surface area contributed by atoms with E-state index in [1.54, 1.807) is 12.1 Å². The molecule has 1 fully saturated rings. The van der Waals surface area contributed by atoms with Crippen LogP contribution in [0.5, 0.6) is 5.75 Å². The number of likely N-dealkylation sites (tertiary alicyclic amines) is 1. The van der Waals surface area contributed by atoms with Crippen molar-refractivity contribution >= 4 is 36.0 Å². The molecule has 0 aromatic heterocycles. The number of halogens is 1. The van der Waals surface area contributed by atoms with Crippen LogP contribution in [0.1, 0.15) is 31.7 Å². The van der Waals surface area contributed by atoms with Crippen LogP contribution in [0.2, 0.25) is 0 Å². The molecule has 1 aromatic carbocycles. The number of nitrogens with two attached hydrogens (primary N) is 2. The van der Waals surface area contributed by atoms with Crippen LogP contribution in [0.4, 0.5) is 0 Å². The SMILES string of the molecule is CC(NC(=O)C(N)Cc1ccc(O)cc1)C(=O)NCC(=O)N1CCCCC1C(N)=O.Cl. The number of nitrogens with one attached hydrogen (secondary N) is 2. The number of piperidine rings is 1. The molecule has 172 valence electrons. The fraction of sp³-hybridized carbons (Fsp3) is 0.500. The van der Waals surface area contributed by atoms with Crippen LogP contribution in [0.15, 0.2) is 24.3 Å². The van der Waals surface area contributed by atoms with Crippen molar-refractivity contribution in [2.24, 2.45) is 11.5 Å². The number of primary amides is 1. The van der Waals surface area contributed by atoms with E-state index in [4.69, 9.17) is 11.5 Å². The van der Waals surface area contributed by atoms with Crippen molar-refractivity contribution in [1.82, 2.24) is 15.5 Å². The molecule has 2 rings (SSSR count). The van der Waals surface area contributed by atoms with Crippen molar-refractivity contribution in [1.29, 1.82) is 0 Å². The van der Waals surface area contributed by atoms with Crippen LogP contribution in [-0.2, 0) is 25.6 Å². The van der Waals surface area contributed by atoms with E-state index in [1.807, 2.05) is 0 Å². The summed E-state index contributed by atoms with van der Waals surface area (Å²) in [5.74, 6) is -1.89. The molecule has 1 aliphatic rings. The Bertz CT molecular complexity index is 789. The van der Waals surface area contributed by atoms with Crippen molar-refractivity contribution in [3.8, 4) is 5.75 Å². The summed E-state index contributed by atoms with van der Waals surface area (Å²) >= 11 is 0. The van der Waals surface area contributed by atoms with Crippen LogP contribution in [0.25, 0.3) is 0 Å². The van der Waals surface area contributed by atoms with Crippen molar-refractivity contribution < 1.29 is 24.3 Å². The highest BCUT2D eigenvalue weighted by Gasteiger charge is 2.31. The highest BCUT2D eigenvalue weighted by molar-refractivity contribution is 5.93. The number of amides is 4. The maximum atomic E-state index is 12.4. The number of carbonyl (C=O) groups is 4. The fourth-order valence-electron chi connectivity index (χ4n) is 3.31. The lowest BCUT2D eigenvalue weighted by Crippen LogP contribution is -2.55. The Morgan fingerprint density at radius 1 is 1.16 bits per heavy atom. The Balaban J connectivity index is 0.00000480. The van der Waals surface area contributed by atoms with Gasteiger partial charge in [0.25, 0.3) is 0 Å². The minimum atomic E-state index is -0.899. The summed E-state index contributed by atoms with van der Waals surface area (Å²) < 4.78 is 0. The van der Waals surface area contributed by atoms with E-state index >= 15 is 0 Å². The molecule has 31 heavy (non-hydrogen) atoms. The summed E-state index contributed by atoms with van der Waals surface area (Å²) in [4.78, 5) is 49.8. The molecular formula is C20H30ClN5O5. The standard InChI is InChI=1S/C20H29N5O5.ClH/c1-12(24-20(30)15(21)10-13-5-7-14(26)8-6-13)19(29)23-11-17(27)25-9-3-2-4-16(25)18(22)28;/h5-8,12,15-16,26H,2-4,9-11,21H2,1H3,(H2,22,28)(H,23,29)(H,24,30);1H. The summed E-state index contributed by atoms with van der Waals surface area (Å²) in [6.45, 7) is 1.61. The second kappa shape index (κ2) is 12.1. The number of phenols is 1. The van der Waals surface area contributed by atoms with E-state index in [-0.39, 0.29) is 31.1 Å². The Morgan fingerprint density at radius 2 is 1.81 bits per heavy atom. The van der Waals surface area contributed by atoms with Gasteiger partial charge in [-0.2, -0.15) is 0 Å². The van der Waals surface area contributed by atoms with Gasteiger partial charge >= 0.3 is 0 Å². The summed E-state index contributed by atoms with van der Waals surface area (Å²) in [6.07, 6.45) is 2.34. The van der Waals surface area contributed by atoms with Gasteiger partial charge in [-0.3, -0.25) is 19.2 Å². The normalized spacial score (nSPS) is 17.6. The Morgan fingerprint density at radius 3 is 2.42 bits per heavy atom. The largest absolute Gasteiger partial charge is 0.508 e. The van der Waals surface area contributed by atoms with Crippen molar-refractivity contribution in [2.45, 2.75) is 50.7 Å². The van der Waals surface area contributed by atoms with Gasteiger partial charge in [0.15, 0.2) is 0 Å². The number of hydrogen-bond donors (Lipinski definition) is 5. The number of hydrogen-bond acceptors (Lipinski definition) is 6. The minimum absolute atomic E-state index is 0. The third-order valence-corrected chi connectivity index (χ3v) is 5.05. The molecule has 1 saturated heterocycles. The van der Waals surface area contributed by atoms with Crippen LogP contribution >= 0.6 is 12.4 Å². The quantitative estimate of drug-likeness (QED) is 0.343. The van der Waals surface area contributed by atoms with Crippen LogP contribution < -0.4 is 22.1 Å². The van der Waals surface area contributed by atoms with Gasteiger partial charge in [-0.15, -0.1) is 12.4 Å². The number of phenolic OH excluding ortho intramolecular Hbond substituents is 1. The average molecular weight is 456 g/mol. The molecule has 0 saturated carbocycles. The lowest BCUT2D eigenvalue weighted by atomic mass is 10.0. The Labute approximate surface area is 187 Å². The first-order valence-electron chi connectivity index (χ1n) is 9.89. The smallest absolute Gasteiger partial charge is 0.242 e. The summed E-state index contributed by atoms with van der Waals surface area (Å²) in [6, 6.07) is 3.88. The zero-order valence-corrected chi connectivity index (χ0v) is 18.2. The number of nitrogens with zero attached hydrogens (tertiary/aromatic N) is 1. The predicted molar refractivity (Wildman–Crippen MR) is 116 cm³/mol. The van der Waals surface area contributed by atoms with Gasteiger partial charge in [-0.05, 0) is 50.3 Å². The van der Waals surface area contributed by atoms with Gasteiger partial charge in [-0.1, -0.05) is 12.1 Å². The second-order valence-corrected chi connectivity index (χ2v) is 7.43. The summed E-state index contributed by atoms with van der Waals surface area (Å²) in [7, 11) is 0. The summed E-state index contributed by atoms with van der Waals surface area (Å²) in [5, 5.41) is 14.3. The van der Waals surface area contributed by atoms with Gasteiger partial charge < -0.3 is 32.1 Å². The monoisotopic (exact) mass is 455 g/mol. The molecule has 3 unspecified atom stereocenters. The van der Waals surface area contributed by atoms with E-state index in [1.165, 1.54) is 24.0 Å². The number of rotatable bonds is 8. The molecule has 1 heterocycles. The van der Waals surface area contributed by atoms with E-state index in [0.29, 0.717) is 13.0 Å². The van der Waals surface area contributed by atoms with Crippen LogP contribution in [0.3, 0.4) is 0 Å². The van der Waals surface area contributed by atoms with Gasteiger partial charge in [0.2, 0.25) is 23.6 Å². The zero-order valence-electron chi connectivity index (χ0n) is 17.4. The lowest BCUT2D eigenvalue weighted by Gasteiger charge is -2.33. The van der Waals surface area contributed by atoms with E-state index in [2.05, 4.69) is 10.6 Å². The van der Waals surface area contributed by atoms with Crippen molar-refractivity contribution in [2.75, 3.05) is 13.1 Å². The number of benzene rings is 1. The van der Waals surface area contributed by atoms with E-state index in [9.17, 15) is 24.3 Å². The maximum absolute atomic E-state index is 12.4. The second-order valence-electron chi connectivity index (χ2n) is 7.43. The summed E-state index contributed by atoms with van der Waals surface area (Å²) in [5.41, 5.74) is 12.0. The lowest BCUT2D eigenvalue weighted by molar-refractivity contribution is -0.141. The Hall–Kier alpha value is -2.85. The molecule has 0 spiro atoms. The maximum Gasteiger partial charge on any atom is 0.242 e. The van der Waals surface area contributed by atoms with E-state index in [0.717, 1.165) is 18.4 Å². The average Bonchev–Trinajstić information content (AvgIpc) is 2.73. The van der Waals surface area contributed by atoms with Crippen LogP contribution in [0, 0.1) is 0 Å². The van der Waals surface area contributed by atoms with Gasteiger partial charge in [-0.25, -0.2) is 0 Å². The van der Waals surface area contributed by atoms with Crippen LogP contribution in [-0.4, -0.2) is 64.9 Å². The number of carbonyl (C=O) groups excluding carboxylic acids is 4. The van der Waals surface area contributed by atoms with E-state index < -0.39 is 41.8 Å². The first kappa shape index (κ1) is 26.2. The Kier molecular flexibility index (Phi) is 10.2. The topological polar surface area (TPSA) is 168 Å². The molecule has 3 atom stereocenters. The molecule has 1 aliphatic heterocycles. The number of aromatic hydroxyl groups is 1. The highest BCUT2D eigenvalue weighted by atomic mass is 35.5. The molecule has 7 N–H and O–H groups in total. The third kappa shape index (κ3) is 7.72.